The van der Waals surface area contributed by atoms with Gasteiger partial charge in [0.25, 0.3) is 5.91 Å². The second-order valence-electron chi connectivity index (χ2n) is 6.30. The molecule has 1 aliphatic carbocycles. The van der Waals surface area contributed by atoms with Crippen LogP contribution < -0.4 is 9.47 Å². The number of carbonyl (C=O) groups excluding carboxylic acids is 1. The van der Waals surface area contributed by atoms with Crippen LogP contribution in [0.15, 0.2) is 34.9 Å². The molecule has 0 bridgehead atoms. The van der Waals surface area contributed by atoms with Gasteiger partial charge in [-0.2, -0.15) is 0 Å². The van der Waals surface area contributed by atoms with Gasteiger partial charge in [-0.15, -0.1) is 0 Å². The molecule has 134 valence electrons. The summed E-state index contributed by atoms with van der Waals surface area (Å²) >= 11 is 0. The number of hydrogen-bond acceptors (Lipinski definition) is 5. The number of aromatic nitrogens is 1. The maximum atomic E-state index is 12.6. The lowest BCUT2D eigenvalue weighted by Gasteiger charge is -2.30. The van der Waals surface area contributed by atoms with Crippen molar-refractivity contribution >= 4 is 5.91 Å². The van der Waals surface area contributed by atoms with Crippen LogP contribution in [0, 0.1) is 0 Å². The molecule has 0 unspecified atom stereocenters. The third-order valence-corrected chi connectivity index (χ3v) is 4.62. The van der Waals surface area contributed by atoms with Crippen molar-refractivity contribution in [1.29, 1.82) is 0 Å². The summed E-state index contributed by atoms with van der Waals surface area (Å²) in [6, 6.07) is 7.60. The fraction of sp³-hybridized carbons (Fsp3) is 0.474. The summed E-state index contributed by atoms with van der Waals surface area (Å²) in [6.07, 6.45) is 7.15. The van der Waals surface area contributed by atoms with Gasteiger partial charge >= 0.3 is 0 Å². The van der Waals surface area contributed by atoms with E-state index in [9.17, 15) is 4.79 Å². The first kappa shape index (κ1) is 17.3. The van der Waals surface area contributed by atoms with E-state index in [1.807, 2.05) is 25.2 Å². The van der Waals surface area contributed by atoms with Crippen molar-refractivity contribution in [2.75, 3.05) is 14.2 Å². The van der Waals surface area contributed by atoms with E-state index < -0.39 is 0 Å². The van der Waals surface area contributed by atoms with Gasteiger partial charge in [0.05, 0.1) is 7.11 Å². The van der Waals surface area contributed by atoms with Crippen LogP contribution in [0.2, 0.25) is 0 Å². The quantitative estimate of drug-likeness (QED) is 0.800. The van der Waals surface area contributed by atoms with E-state index in [4.69, 9.17) is 13.9 Å². The zero-order valence-electron chi connectivity index (χ0n) is 14.7. The number of ether oxygens (including phenoxy) is 2. The molecule has 6 heteroatoms. The molecule has 1 aliphatic rings. The van der Waals surface area contributed by atoms with Gasteiger partial charge in [-0.05, 0) is 25.0 Å². The van der Waals surface area contributed by atoms with Crippen molar-refractivity contribution in [2.45, 2.75) is 44.8 Å². The lowest BCUT2D eigenvalue weighted by Crippen LogP contribution is -2.38. The van der Waals surface area contributed by atoms with Crippen LogP contribution in [-0.4, -0.2) is 36.0 Å². The Bertz CT molecular complexity index is 707. The van der Waals surface area contributed by atoms with E-state index in [0.717, 1.165) is 18.6 Å². The van der Waals surface area contributed by atoms with E-state index >= 15 is 0 Å². The topological polar surface area (TPSA) is 64.8 Å². The van der Waals surface area contributed by atoms with Gasteiger partial charge in [-0.25, -0.2) is 4.98 Å². The van der Waals surface area contributed by atoms with E-state index in [2.05, 4.69) is 4.98 Å². The third kappa shape index (κ3) is 4.32. The molecule has 1 saturated carbocycles. The van der Waals surface area contributed by atoms with Crippen molar-refractivity contribution < 1.29 is 18.7 Å². The monoisotopic (exact) mass is 344 g/mol. The molecule has 0 saturated heterocycles. The first-order valence-corrected chi connectivity index (χ1v) is 8.66. The Balaban J connectivity index is 1.58. The van der Waals surface area contributed by atoms with Crippen LogP contribution in [0.5, 0.6) is 11.5 Å². The van der Waals surface area contributed by atoms with Crippen molar-refractivity contribution in [3.8, 4) is 11.5 Å². The minimum Gasteiger partial charge on any atom is -0.497 e. The predicted octanol–water partition coefficient (Wildman–Crippen LogP) is 3.67. The second kappa shape index (κ2) is 8.05. The van der Waals surface area contributed by atoms with Gasteiger partial charge in [0, 0.05) is 19.2 Å². The van der Waals surface area contributed by atoms with Gasteiger partial charge in [0.1, 0.15) is 17.8 Å². The Morgan fingerprint density at radius 1 is 1.28 bits per heavy atom. The van der Waals surface area contributed by atoms with Crippen molar-refractivity contribution in [3.05, 3.63) is 42.1 Å². The van der Waals surface area contributed by atoms with Gasteiger partial charge in [0.15, 0.2) is 12.3 Å². The molecule has 0 spiro atoms. The number of hydrogen-bond donors (Lipinski definition) is 0. The minimum atomic E-state index is -0.0942. The zero-order valence-corrected chi connectivity index (χ0v) is 14.7. The summed E-state index contributed by atoms with van der Waals surface area (Å²) < 4.78 is 16.2. The molecule has 1 aromatic heterocycles. The summed E-state index contributed by atoms with van der Waals surface area (Å²) in [5.41, 5.74) is 0.331. The summed E-state index contributed by atoms with van der Waals surface area (Å²) in [6.45, 7) is 0.160. The van der Waals surface area contributed by atoms with E-state index in [1.165, 1.54) is 25.5 Å². The first-order valence-electron chi connectivity index (χ1n) is 8.66. The molecule has 1 fully saturated rings. The first-order chi connectivity index (χ1) is 12.2. The van der Waals surface area contributed by atoms with Crippen LogP contribution in [0.25, 0.3) is 0 Å². The molecule has 1 amide bonds. The van der Waals surface area contributed by atoms with Crippen molar-refractivity contribution in [3.63, 3.8) is 0 Å². The van der Waals surface area contributed by atoms with Crippen molar-refractivity contribution in [1.82, 2.24) is 9.88 Å². The maximum Gasteiger partial charge on any atom is 0.275 e. The molecule has 0 aliphatic heterocycles. The van der Waals surface area contributed by atoms with E-state index in [1.54, 1.807) is 18.1 Å². The third-order valence-electron chi connectivity index (χ3n) is 4.62. The molecule has 6 nitrogen and oxygen atoms in total. The lowest BCUT2D eigenvalue weighted by atomic mass is 9.94. The number of nitrogens with zero attached hydrogens (tertiary/aromatic N) is 2. The Hall–Kier alpha value is -2.50. The van der Waals surface area contributed by atoms with E-state index in [0.29, 0.717) is 23.4 Å². The fourth-order valence-corrected chi connectivity index (χ4v) is 3.13. The highest BCUT2D eigenvalue weighted by atomic mass is 16.5. The Labute approximate surface area is 147 Å². The molecule has 25 heavy (non-hydrogen) atoms. The van der Waals surface area contributed by atoms with Crippen LogP contribution in [0.4, 0.5) is 0 Å². The van der Waals surface area contributed by atoms with E-state index in [-0.39, 0.29) is 12.5 Å². The highest BCUT2D eigenvalue weighted by Gasteiger charge is 2.25. The highest BCUT2D eigenvalue weighted by Crippen LogP contribution is 2.23. The van der Waals surface area contributed by atoms with Gasteiger partial charge < -0.3 is 18.8 Å². The number of benzene rings is 1. The SMILES string of the molecule is COc1cccc(OCc2nc(C(=O)N(C)C3CCCCC3)co2)c1. The Morgan fingerprint density at radius 2 is 2.04 bits per heavy atom. The normalized spacial score (nSPS) is 15.0. The summed E-state index contributed by atoms with van der Waals surface area (Å²) in [4.78, 5) is 18.6. The van der Waals surface area contributed by atoms with Gasteiger partial charge in [0.2, 0.25) is 5.89 Å². The molecular formula is C19H24N2O4. The Kier molecular flexibility index (Phi) is 5.58. The minimum absolute atomic E-state index is 0.0942. The molecule has 0 radical (unpaired) electrons. The maximum absolute atomic E-state index is 12.6. The Morgan fingerprint density at radius 3 is 2.80 bits per heavy atom. The van der Waals surface area contributed by atoms with Crippen LogP contribution in [0.1, 0.15) is 48.5 Å². The summed E-state index contributed by atoms with van der Waals surface area (Å²) in [5.74, 6) is 1.66. The van der Waals surface area contributed by atoms with Crippen LogP contribution in [-0.2, 0) is 6.61 Å². The zero-order chi connectivity index (χ0) is 17.6. The summed E-state index contributed by atoms with van der Waals surface area (Å²) in [5, 5.41) is 0. The molecule has 1 heterocycles. The van der Waals surface area contributed by atoms with Crippen LogP contribution >= 0.6 is 0 Å². The number of carbonyl (C=O) groups is 1. The van der Waals surface area contributed by atoms with Crippen LogP contribution in [0.3, 0.4) is 0 Å². The predicted molar refractivity (Wildman–Crippen MR) is 92.8 cm³/mol. The fourth-order valence-electron chi connectivity index (χ4n) is 3.13. The molecular weight excluding hydrogens is 320 g/mol. The van der Waals surface area contributed by atoms with Crippen molar-refractivity contribution in [2.24, 2.45) is 0 Å². The average Bonchev–Trinajstić information content (AvgIpc) is 3.15. The number of rotatable bonds is 6. The molecule has 1 aromatic carbocycles. The molecule has 3 rings (SSSR count). The average molecular weight is 344 g/mol. The van der Waals surface area contributed by atoms with Gasteiger partial charge in [-0.3, -0.25) is 4.79 Å². The number of methoxy groups -OCH3 is 1. The summed E-state index contributed by atoms with van der Waals surface area (Å²) in [7, 11) is 3.45. The molecule has 0 atom stereocenters. The standard InChI is InChI=1S/C19H24N2O4/c1-21(14-7-4-3-5-8-14)19(22)17-12-25-18(20-17)13-24-16-10-6-9-15(11-16)23-2/h6,9-12,14H,3-5,7-8,13H2,1-2H3. The smallest absolute Gasteiger partial charge is 0.275 e. The second-order valence-corrected chi connectivity index (χ2v) is 6.30. The number of oxazole rings is 1. The number of amides is 1. The molecule has 0 N–H and O–H groups in total. The highest BCUT2D eigenvalue weighted by molar-refractivity contribution is 5.92. The van der Waals surface area contributed by atoms with Gasteiger partial charge in [-0.1, -0.05) is 25.3 Å². The largest absolute Gasteiger partial charge is 0.497 e. The molecule has 2 aromatic rings. The lowest BCUT2D eigenvalue weighted by molar-refractivity contribution is 0.0690.